The number of halogens is 2. The molecule has 0 heterocycles. The van der Waals surface area contributed by atoms with Crippen molar-refractivity contribution in [1.82, 2.24) is 5.43 Å². The fraction of sp³-hybridized carbons (Fsp3) is 0.0667. The Bertz CT molecular complexity index is 672. The van der Waals surface area contributed by atoms with Gasteiger partial charge in [0.15, 0.2) is 0 Å². The summed E-state index contributed by atoms with van der Waals surface area (Å²) in [5, 5.41) is 14.1. The molecule has 6 heteroatoms. The number of hydrazone groups is 1. The zero-order chi connectivity index (χ0) is 15.2. The van der Waals surface area contributed by atoms with Gasteiger partial charge in [-0.1, -0.05) is 39.7 Å². The molecule has 0 unspecified atom stereocenters. The van der Waals surface area contributed by atoms with Crippen LogP contribution in [-0.4, -0.2) is 17.2 Å². The molecular formula is C15H12BrClN2O2. The molecule has 0 aliphatic heterocycles. The molecule has 21 heavy (non-hydrogen) atoms. The van der Waals surface area contributed by atoms with Crippen LogP contribution >= 0.6 is 27.5 Å². The van der Waals surface area contributed by atoms with Gasteiger partial charge in [0.2, 0.25) is 5.91 Å². The summed E-state index contributed by atoms with van der Waals surface area (Å²) < 4.78 is 0.814. The number of nitrogens with one attached hydrogen (secondary N) is 1. The minimum Gasteiger partial charge on any atom is -0.507 e. The molecule has 0 spiro atoms. The van der Waals surface area contributed by atoms with Crippen LogP contribution in [0.25, 0.3) is 0 Å². The third-order valence-corrected chi connectivity index (χ3v) is 3.41. The zero-order valence-corrected chi connectivity index (χ0v) is 13.2. The Morgan fingerprint density at radius 2 is 2.00 bits per heavy atom. The highest BCUT2D eigenvalue weighted by Crippen LogP contribution is 2.19. The average molecular weight is 368 g/mol. The standard InChI is InChI=1S/C15H12BrClN2O2/c16-12-3-6-14(20)11(8-12)9-18-19-15(21)7-10-1-4-13(17)5-2-10/h1-6,8-9,20H,7H2,(H,19,21)/b18-9+. The topological polar surface area (TPSA) is 61.7 Å². The Labute approximate surface area is 135 Å². The number of carbonyl (C=O) groups is 1. The second kappa shape index (κ2) is 7.24. The van der Waals surface area contributed by atoms with Gasteiger partial charge < -0.3 is 5.11 Å². The summed E-state index contributed by atoms with van der Waals surface area (Å²) in [7, 11) is 0. The molecule has 0 saturated carbocycles. The monoisotopic (exact) mass is 366 g/mol. The molecule has 0 aliphatic carbocycles. The minimum absolute atomic E-state index is 0.0916. The van der Waals surface area contributed by atoms with Gasteiger partial charge in [0.1, 0.15) is 5.75 Å². The van der Waals surface area contributed by atoms with Crippen LogP contribution in [0.4, 0.5) is 0 Å². The fourth-order valence-electron chi connectivity index (χ4n) is 1.63. The summed E-state index contributed by atoms with van der Waals surface area (Å²) in [6.07, 6.45) is 1.60. The molecule has 0 bridgehead atoms. The molecule has 4 nitrogen and oxygen atoms in total. The highest BCUT2D eigenvalue weighted by molar-refractivity contribution is 9.10. The SMILES string of the molecule is O=C(Cc1ccc(Cl)cc1)N/N=C/c1cc(Br)ccc1O. The molecule has 0 atom stereocenters. The van der Waals surface area contributed by atoms with Gasteiger partial charge in [0.05, 0.1) is 12.6 Å². The normalized spacial score (nSPS) is 10.8. The Morgan fingerprint density at radius 3 is 2.71 bits per heavy atom. The van der Waals surface area contributed by atoms with Crippen molar-refractivity contribution in [2.24, 2.45) is 5.10 Å². The maximum absolute atomic E-state index is 11.7. The molecule has 108 valence electrons. The van der Waals surface area contributed by atoms with Crippen LogP contribution in [0, 0.1) is 0 Å². The lowest BCUT2D eigenvalue weighted by molar-refractivity contribution is -0.120. The highest BCUT2D eigenvalue weighted by Gasteiger charge is 2.02. The molecule has 1 amide bonds. The van der Waals surface area contributed by atoms with Crippen molar-refractivity contribution in [2.75, 3.05) is 0 Å². The van der Waals surface area contributed by atoms with Gasteiger partial charge in [0.25, 0.3) is 0 Å². The predicted octanol–water partition coefficient (Wildman–Crippen LogP) is 3.50. The minimum atomic E-state index is -0.247. The van der Waals surface area contributed by atoms with Crippen molar-refractivity contribution < 1.29 is 9.90 Å². The van der Waals surface area contributed by atoms with Crippen LogP contribution in [0.1, 0.15) is 11.1 Å². The first kappa shape index (κ1) is 15.5. The summed E-state index contributed by atoms with van der Waals surface area (Å²) in [4.78, 5) is 11.7. The quantitative estimate of drug-likeness (QED) is 0.642. The maximum Gasteiger partial charge on any atom is 0.244 e. The molecule has 0 radical (unpaired) electrons. The van der Waals surface area contributed by atoms with E-state index >= 15 is 0 Å². The van der Waals surface area contributed by atoms with E-state index in [4.69, 9.17) is 11.6 Å². The second-order valence-electron chi connectivity index (χ2n) is 4.30. The molecule has 2 rings (SSSR count). The van der Waals surface area contributed by atoms with E-state index in [1.165, 1.54) is 6.21 Å². The van der Waals surface area contributed by atoms with Gasteiger partial charge in [0, 0.05) is 15.1 Å². The summed E-state index contributed by atoms with van der Waals surface area (Å²) >= 11 is 9.07. The van der Waals surface area contributed by atoms with E-state index in [-0.39, 0.29) is 18.1 Å². The van der Waals surface area contributed by atoms with Crippen molar-refractivity contribution in [3.8, 4) is 5.75 Å². The number of hydrogen-bond acceptors (Lipinski definition) is 3. The van der Waals surface area contributed by atoms with Crippen LogP contribution < -0.4 is 5.43 Å². The van der Waals surface area contributed by atoms with E-state index in [1.807, 2.05) is 0 Å². The number of rotatable bonds is 4. The van der Waals surface area contributed by atoms with E-state index in [0.717, 1.165) is 10.0 Å². The smallest absolute Gasteiger partial charge is 0.244 e. The Kier molecular flexibility index (Phi) is 5.36. The van der Waals surface area contributed by atoms with Crippen LogP contribution in [-0.2, 0) is 11.2 Å². The summed E-state index contributed by atoms with van der Waals surface area (Å²) in [5.41, 5.74) is 3.77. The van der Waals surface area contributed by atoms with E-state index in [9.17, 15) is 9.90 Å². The molecule has 0 saturated heterocycles. The van der Waals surface area contributed by atoms with E-state index in [0.29, 0.717) is 10.6 Å². The molecule has 2 aromatic carbocycles. The number of hydrogen-bond donors (Lipinski definition) is 2. The van der Waals surface area contributed by atoms with Gasteiger partial charge in [-0.15, -0.1) is 0 Å². The second-order valence-corrected chi connectivity index (χ2v) is 5.65. The summed E-state index contributed by atoms with van der Waals surface area (Å²) in [5.74, 6) is -0.156. The summed E-state index contributed by atoms with van der Waals surface area (Å²) in [6.45, 7) is 0. The molecule has 2 aromatic rings. The van der Waals surface area contributed by atoms with E-state index in [1.54, 1.807) is 42.5 Å². The van der Waals surface area contributed by atoms with Crippen LogP contribution in [0.2, 0.25) is 5.02 Å². The number of benzene rings is 2. The first-order chi connectivity index (χ1) is 10.0. The number of aromatic hydroxyl groups is 1. The highest BCUT2D eigenvalue weighted by atomic mass is 79.9. The summed E-state index contributed by atoms with van der Waals surface area (Å²) in [6, 6.07) is 12.0. The van der Waals surface area contributed by atoms with Gasteiger partial charge in [-0.25, -0.2) is 5.43 Å². The first-order valence-corrected chi connectivity index (χ1v) is 7.26. The molecule has 2 N–H and O–H groups in total. The van der Waals surface area contributed by atoms with Crippen molar-refractivity contribution in [3.05, 3.63) is 63.1 Å². The van der Waals surface area contributed by atoms with Crippen molar-refractivity contribution in [1.29, 1.82) is 0 Å². The Morgan fingerprint density at radius 1 is 1.29 bits per heavy atom. The van der Waals surface area contributed by atoms with Crippen LogP contribution in [0.3, 0.4) is 0 Å². The van der Waals surface area contributed by atoms with Crippen LogP contribution in [0.5, 0.6) is 5.75 Å². The maximum atomic E-state index is 11.7. The number of nitrogens with zero attached hydrogens (tertiary/aromatic N) is 1. The van der Waals surface area contributed by atoms with E-state index in [2.05, 4.69) is 26.5 Å². The predicted molar refractivity (Wildman–Crippen MR) is 86.7 cm³/mol. The molecule has 0 aromatic heterocycles. The molecule has 0 aliphatic rings. The largest absolute Gasteiger partial charge is 0.507 e. The Balaban J connectivity index is 1.93. The lowest BCUT2D eigenvalue weighted by atomic mass is 10.1. The number of carbonyl (C=O) groups excluding carboxylic acids is 1. The third-order valence-electron chi connectivity index (χ3n) is 2.66. The molecule has 0 fully saturated rings. The van der Waals surface area contributed by atoms with Crippen molar-refractivity contribution in [3.63, 3.8) is 0 Å². The number of phenols is 1. The van der Waals surface area contributed by atoms with Gasteiger partial charge >= 0.3 is 0 Å². The zero-order valence-electron chi connectivity index (χ0n) is 10.9. The van der Waals surface area contributed by atoms with Crippen molar-refractivity contribution in [2.45, 2.75) is 6.42 Å². The van der Waals surface area contributed by atoms with E-state index < -0.39 is 0 Å². The fourth-order valence-corrected chi connectivity index (χ4v) is 2.13. The van der Waals surface area contributed by atoms with Gasteiger partial charge in [-0.2, -0.15) is 5.10 Å². The number of amides is 1. The van der Waals surface area contributed by atoms with Crippen molar-refractivity contribution >= 4 is 39.7 Å². The molecular weight excluding hydrogens is 356 g/mol. The first-order valence-electron chi connectivity index (χ1n) is 6.09. The lowest BCUT2D eigenvalue weighted by Crippen LogP contribution is -2.19. The lowest BCUT2D eigenvalue weighted by Gasteiger charge is -2.02. The van der Waals surface area contributed by atoms with Gasteiger partial charge in [-0.3, -0.25) is 4.79 Å². The number of phenolic OH excluding ortho intramolecular Hbond substituents is 1. The van der Waals surface area contributed by atoms with Gasteiger partial charge in [-0.05, 0) is 35.9 Å². The third kappa shape index (κ3) is 4.88. The van der Waals surface area contributed by atoms with Crippen LogP contribution in [0.15, 0.2) is 52.0 Å². The average Bonchev–Trinajstić information content (AvgIpc) is 2.45. The Hall–Kier alpha value is -1.85.